The predicted octanol–water partition coefficient (Wildman–Crippen LogP) is 2.51. The van der Waals surface area contributed by atoms with Crippen molar-refractivity contribution in [3.63, 3.8) is 0 Å². The van der Waals surface area contributed by atoms with Crippen LogP contribution in [-0.4, -0.2) is 25.3 Å². The quantitative estimate of drug-likeness (QED) is 0.579. The second-order valence-electron chi connectivity index (χ2n) is 5.78. The number of phenolic OH excluding ortho intramolecular Hbond substituents is 1. The van der Waals surface area contributed by atoms with Gasteiger partial charge in [-0.1, -0.05) is 29.8 Å². The first-order valence-electron chi connectivity index (χ1n) is 7.69. The molecule has 2 heterocycles. The van der Waals surface area contributed by atoms with Crippen LogP contribution in [0.3, 0.4) is 0 Å². The van der Waals surface area contributed by atoms with E-state index in [0.717, 1.165) is 11.1 Å². The lowest BCUT2D eigenvalue weighted by atomic mass is 10.1. The highest BCUT2D eigenvalue weighted by molar-refractivity contribution is 5.81. The molecule has 2 aromatic carbocycles. The number of phenols is 1. The number of tetrazole rings is 1. The molecule has 0 bridgehead atoms. The van der Waals surface area contributed by atoms with Crippen LogP contribution in [-0.2, 0) is 6.54 Å². The zero-order chi connectivity index (χ0) is 17.4. The van der Waals surface area contributed by atoms with Gasteiger partial charge in [0, 0.05) is 23.1 Å². The molecule has 25 heavy (non-hydrogen) atoms. The second kappa shape index (κ2) is 5.86. The van der Waals surface area contributed by atoms with Gasteiger partial charge in [-0.05, 0) is 29.8 Å². The van der Waals surface area contributed by atoms with Gasteiger partial charge >= 0.3 is 5.63 Å². The van der Waals surface area contributed by atoms with E-state index in [2.05, 4.69) is 15.4 Å². The molecule has 0 spiro atoms. The Bertz CT molecular complexity index is 1110. The molecule has 0 saturated heterocycles. The first kappa shape index (κ1) is 15.1. The number of nitrogens with zero attached hydrogens (tertiary/aromatic N) is 4. The Morgan fingerprint density at radius 2 is 1.92 bits per heavy atom. The van der Waals surface area contributed by atoms with Crippen LogP contribution in [0.5, 0.6) is 5.75 Å². The minimum absolute atomic E-state index is 0.0355. The topological polar surface area (TPSA) is 94.0 Å². The van der Waals surface area contributed by atoms with E-state index in [1.165, 1.54) is 16.9 Å². The lowest BCUT2D eigenvalue weighted by Crippen LogP contribution is -2.08. The Labute approximate surface area is 142 Å². The van der Waals surface area contributed by atoms with Crippen LogP contribution in [0.25, 0.3) is 22.4 Å². The molecule has 1 N–H and O–H groups in total. The van der Waals surface area contributed by atoms with Crippen LogP contribution < -0.4 is 5.63 Å². The molecule has 4 rings (SSSR count). The smallest absolute Gasteiger partial charge is 0.336 e. The zero-order valence-electron chi connectivity index (χ0n) is 13.4. The summed E-state index contributed by atoms with van der Waals surface area (Å²) in [5, 5.41) is 22.8. The number of fused-ring (bicyclic) bond motifs is 1. The fourth-order valence-electron chi connectivity index (χ4n) is 2.63. The molecule has 0 fully saturated rings. The highest BCUT2D eigenvalue weighted by atomic mass is 16.4. The fourth-order valence-corrected chi connectivity index (χ4v) is 2.63. The van der Waals surface area contributed by atoms with Gasteiger partial charge < -0.3 is 9.52 Å². The van der Waals surface area contributed by atoms with Gasteiger partial charge in [-0.3, -0.25) is 0 Å². The molecule has 0 unspecified atom stereocenters. The standard InChI is InChI=1S/C18H14N4O3/c1-11-2-4-12(5-3-11)18-19-21-22(20-18)10-13-8-17(24)25-16-9-14(23)6-7-15(13)16/h2-9,23H,10H2,1H3. The molecule has 124 valence electrons. The maximum atomic E-state index is 11.8. The maximum absolute atomic E-state index is 11.8. The lowest BCUT2D eigenvalue weighted by molar-refractivity contribution is 0.473. The number of aromatic nitrogens is 4. The second-order valence-corrected chi connectivity index (χ2v) is 5.78. The van der Waals surface area contributed by atoms with Crippen molar-refractivity contribution >= 4 is 11.0 Å². The Balaban J connectivity index is 1.70. The summed E-state index contributed by atoms with van der Waals surface area (Å²) in [4.78, 5) is 13.2. The Kier molecular flexibility index (Phi) is 3.53. The average Bonchev–Trinajstić information content (AvgIpc) is 3.03. The minimum Gasteiger partial charge on any atom is -0.508 e. The summed E-state index contributed by atoms with van der Waals surface area (Å²) in [5.74, 6) is 0.554. The average molecular weight is 334 g/mol. The van der Waals surface area contributed by atoms with Gasteiger partial charge in [0.05, 0.1) is 6.54 Å². The van der Waals surface area contributed by atoms with Gasteiger partial charge in [-0.25, -0.2) is 4.79 Å². The summed E-state index contributed by atoms with van der Waals surface area (Å²) in [7, 11) is 0. The molecule has 0 aliphatic carbocycles. The number of hydrogen-bond acceptors (Lipinski definition) is 6. The van der Waals surface area contributed by atoms with E-state index >= 15 is 0 Å². The molecule has 0 saturated carbocycles. The third-order valence-electron chi connectivity index (χ3n) is 3.89. The van der Waals surface area contributed by atoms with Crippen LogP contribution in [0.1, 0.15) is 11.1 Å². The summed E-state index contributed by atoms with van der Waals surface area (Å²) in [5.41, 5.74) is 2.55. The summed E-state index contributed by atoms with van der Waals surface area (Å²) in [6.45, 7) is 2.28. The van der Waals surface area contributed by atoms with Gasteiger partial charge in [0.15, 0.2) is 0 Å². The van der Waals surface area contributed by atoms with Crippen molar-refractivity contribution in [3.8, 4) is 17.1 Å². The number of aryl methyl sites for hydroxylation is 1. The van der Waals surface area contributed by atoms with Crippen molar-refractivity contribution in [1.29, 1.82) is 0 Å². The van der Waals surface area contributed by atoms with E-state index in [9.17, 15) is 9.90 Å². The van der Waals surface area contributed by atoms with Crippen molar-refractivity contribution in [2.45, 2.75) is 13.5 Å². The van der Waals surface area contributed by atoms with Crippen LogP contribution in [0.15, 0.2) is 57.7 Å². The van der Waals surface area contributed by atoms with E-state index in [1.54, 1.807) is 12.1 Å². The number of rotatable bonds is 3. The number of benzene rings is 2. The normalized spacial score (nSPS) is 11.1. The molecule has 0 aliphatic heterocycles. The largest absolute Gasteiger partial charge is 0.508 e. The van der Waals surface area contributed by atoms with E-state index in [-0.39, 0.29) is 12.3 Å². The molecule has 0 aliphatic rings. The maximum Gasteiger partial charge on any atom is 0.336 e. The van der Waals surface area contributed by atoms with Gasteiger partial charge in [0.2, 0.25) is 5.82 Å². The van der Waals surface area contributed by atoms with Gasteiger partial charge in [0.1, 0.15) is 11.3 Å². The van der Waals surface area contributed by atoms with Crippen molar-refractivity contribution < 1.29 is 9.52 Å². The molecule has 7 nitrogen and oxygen atoms in total. The molecule has 7 heteroatoms. The lowest BCUT2D eigenvalue weighted by Gasteiger charge is -2.04. The van der Waals surface area contributed by atoms with Crippen LogP contribution in [0.4, 0.5) is 0 Å². The first-order chi connectivity index (χ1) is 12.1. The van der Waals surface area contributed by atoms with Crippen molar-refractivity contribution in [3.05, 3.63) is 70.1 Å². The highest BCUT2D eigenvalue weighted by Gasteiger charge is 2.10. The van der Waals surface area contributed by atoms with Gasteiger partial charge in [0.25, 0.3) is 0 Å². The Hall–Kier alpha value is -3.48. The summed E-state index contributed by atoms with van der Waals surface area (Å²) in [6, 6.07) is 13.9. The molecular weight excluding hydrogens is 320 g/mol. The SMILES string of the molecule is Cc1ccc(-c2nnn(Cc3cc(=O)oc4cc(O)ccc34)n2)cc1. The third kappa shape index (κ3) is 2.99. The van der Waals surface area contributed by atoms with Gasteiger partial charge in [-0.2, -0.15) is 4.80 Å². The predicted molar refractivity (Wildman–Crippen MR) is 91.2 cm³/mol. The number of aromatic hydroxyl groups is 1. The highest BCUT2D eigenvalue weighted by Crippen LogP contribution is 2.22. The van der Waals surface area contributed by atoms with Crippen molar-refractivity contribution in [2.24, 2.45) is 0 Å². The number of hydrogen-bond donors (Lipinski definition) is 1. The molecule has 0 amide bonds. The summed E-state index contributed by atoms with van der Waals surface area (Å²) < 4.78 is 5.13. The molecular formula is C18H14N4O3. The van der Waals surface area contributed by atoms with E-state index < -0.39 is 5.63 Å². The van der Waals surface area contributed by atoms with Crippen LogP contribution in [0.2, 0.25) is 0 Å². The Morgan fingerprint density at radius 3 is 2.72 bits per heavy atom. The Morgan fingerprint density at radius 1 is 1.12 bits per heavy atom. The minimum atomic E-state index is -0.494. The molecule has 0 atom stereocenters. The van der Waals surface area contributed by atoms with Crippen molar-refractivity contribution in [1.82, 2.24) is 20.2 Å². The van der Waals surface area contributed by atoms with E-state index in [4.69, 9.17) is 4.42 Å². The van der Waals surface area contributed by atoms with E-state index in [1.807, 2.05) is 31.2 Å². The fraction of sp³-hybridized carbons (Fsp3) is 0.111. The van der Waals surface area contributed by atoms with Crippen LogP contribution >= 0.6 is 0 Å². The molecule has 2 aromatic heterocycles. The summed E-state index contributed by atoms with van der Waals surface area (Å²) in [6.07, 6.45) is 0. The monoisotopic (exact) mass is 334 g/mol. The summed E-state index contributed by atoms with van der Waals surface area (Å²) >= 11 is 0. The molecule has 4 aromatic rings. The van der Waals surface area contributed by atoms with Crippen LogP contribution in [0, 0.1) is 6.92 Å². The van der Waals surface area contributed by atoms with Gasteiger partial charge in [-0.15, -0.1) is 10.2 Å². The first-order valence-corrected chi connectivity index (χ1v) is 7.69. The molecule has 0 radical (unpaired) electrons. The van der Waals surface area contributed by atoms with Crippen molar-refractivity contribution in [2.75, 3.05) is 0 Å². The zero-order valence-corrected chi connectivity index (χ0v) is 13.4. The third-order valence-corrected chi connectivity index (χ3v) is 3.89. The van der Waals surface area contributed by atoms with E-state index in [0.29, 0.717) is 22.4 Å².